The first kappa shape index (κ1) is 22.2. The highest BCUT2D eigenvalue weighted by Crippen LogP contribution is 2.32. The molecule has 0 bridgehead atoms. The molecule has 0 radical (unpaired) electrons. The van der Waals surface area contributed by atoms with E-state index in [-0.39, 0.29) is 6.10 Å². The van der Waals surface area contributed by atoms with Crippen LogP contribution in [-0.4, -0.2) is 50.6 Å². The van der Waals surface area contributed by atoms with Gasteiger partial charge in [0.1, 0.15) is 5.75 Å². The summed E-state index contributed by atoms with van der Waals surface area (Å²) in [6.45, 7) is 4.09. The number of methoxy groups -OCH3 is 3. The maximum atomic E-state index is 5.87. The zero-order chi connectivity index (χ0) is 21.5. The van der Waals surface area contributed by atoms with Crippen molar-refractivity contribution in [2.45, 2.75) is 32.4 Å². The largest absolute Gasteiger partial charge is 0.495 e. The molecule has 0 aromatic heterocycles. The van der Waals surface area contributed by atoms with Crippen molar-refractivity contribution in [2.75, 3.05) is 39.8 Å². The summed E-state index contributed by atoms with van der Waals surface area (Å²) in [6, 6.07) is 11.9. The monoisotopic (exact) mass is 430 g/mol. The minimum absolute atomic E-state index is 0.154. The molecule has 0 spiro atoms. The lowest BCUT2D eigenvalue weighted by Gasteiger charge is -2.29. The number of aryl methyl sites for hydroxylation is 1. The Hall–Kier alpha value is -2.51. The standard InChI is InChI=1S/C23H30N2O4S/c1-16-10-11-19(21(13-16)27-3)24-23(30)25(15-18-8-6-12-29-18)14-17-7-5-9-20(26-2)22(17)28-4/h5,7,9-11,13,18H,6,8,12,14-15H2,1-4H3,(H,24,30). The molecule has 0 aliphatic carbocycles. The second-order valence-electron chi connectivity index (χ2n) is 7.30. The number of rotatable bonds is 8. The molecule has 1 aliphatic heterocycles. The van der Waals surface area contributed by atoms with Gasteiger partial charge >= 0.3 is 0 Å². The smallest absolute Gasteiger partial charge is 0.173 e. The average molecular weight is 431 g/mol. The molecule has 6 nitrogen and oxygen atoms in total. The van der Waals surface area contributed by atoms with Crippen LogP contribution in [0.1, 0.15) is 24.0 Å². The van der Waals surface area contributed by atoms with Crippen molar-refractivity contribution < 1.29 is 18.9 Å². The van der Waals surface area contributed by atoms with E-state index in [9.17, 15) is 0 Å². The van der Waals surface area contributed by atoms with E-state index in [4.69, 9.17) is 31.2 Å². The normalized spacial score (nSPS) is 15.5. The predicted molar refractivity (Wildman–Crippen MR) is 123 cm³/mol. The molecule has 1 atom stereocenters. The number of benzene rings is 2. The van der Waals surface area contributed by atoms with Crippen molar-refractivity contribution in [3.8, 4) is 17.2 Å². The fraction of sp³-hybridized carbons (Fsp3) is 0.435. The number of para-hydroxylation sites is 1. The van der Waals surface area contributed by atoms with Crippen molar-refractivity contribution in [1.29, 1.82) is 0 Å². The summed E-state index contributed by atoms with van der Waals surface area (Å²) in [5, 5.41) is 3.96. The lowest BCUT2D eigenvalue weighted by Crippen LogP contribution is -2.39. The number of ether oxygens (including phenoxy) is 4. The number of nitrogens with one attached hydrogen (secondary N) is 1. The van der Waals surface area contributed by atoms with Gasteiger partial charge in [-0.2, -0.15) is 0 Å². The third kappa shape index (κ3) is 5.34. The van der Waals surface area contributed by atoms with Crippen molar-refractivity contribution in [3.63, 3.8) is 0 Å². The molecule has 162 valence electrons. The van der Waals surface area contributed by atoms with Gasteiger partial charge in [0.05, 0.1) is 33.1 Å². The summed E-state index contributed by atoms with van der Waals surface area (Å²) >= 11 is 5.80. The van der Waals surface area contributed by atoms with Gasteiger partial charge in [0.15, 0.2) is 16.6 Å². The minimum Gasteiger partial charge on any atom is -0.495 e. The minimum atomic E-state index is 0.154. The van der Waals surface area contributed by atoms with Crippen LogP contribution in [0.2, 0.25) is 0 Å². The highest BCUT2D eigenvalue weighted by molar-refractivity contribution is 7.80. The first-order valence-electron chi connectivity index (χ1n) is 10.1. The molecule has 3 rings (SSSR count). The Bertz CT molecular complexity index is 868. The van der Waals surface area contributed by atoms with Gasteiger partial charge < -0.3 is 29.2 Å². The lowest BCUT2D eigenvalue weighted by molar-refractivity contribution is 0.0903. The molecule has 0 amide bonds. The average Bonchev–Trinajstić information content (AvgIpc) is 3.27. The molecular formula is C23H30N2O4S. The predicted octanol–water partition coefficient (Wildman–Crippen LogP) is 4.40. The molecule has 2 aromatic carbocycles. The zero-order valence-corrected chi connectivity index (χ0v) is 18.9. The SMILES string of the molecule is COc1cc(C)ccc1NC(=S)N(Cc1cccc(OC)c1OC)CC1CCCO1. The summed E-state index contributed by atoms with van der Waals surface area (Å²) in [6.07, 6.45) is 2.26. The van der Waals surface area contributed by atoms with Crippen LogP contribution >= 0.6 is 12.2 Å². The van der Waals surface area contributed by atoms with Crippen LogP contribution in [0.25, 0.3) is 0 Å². The van der Waals surface area contributed by atoms with E-state index >= 15 is 0 Å². The van der Waals surface area contributed by atoms with Crippen molar-refractivity contribution >= 4 is 23.0 Å². The molecule has 7 heteroatoms. The van der Waals surface area contributed by atoms with Crippen LogP contribution in [0, 0.1) is 6.92 Å². The molecule has 30 heavy (non-hydrogen) atoms. The summed E-state index contributed by atoms with van der Waals surface area (Å²) < 4.78 is 22.5. The number of anilines is 1. The molecule has 1 fully saturated rings. The molecule has 2 aromatic rings. The summed E-state index contributed by atoms with van der Waals surface area (Å²) in [7, 11) is 4.95. The van der Waals surface area contributed by atoms with Gasteiger partial charge in [-0.1, -0.05) is 18.2 Å². The topological polar surface area (TPSA) is 52.2 Å². The molecule has 1 aliphatic rings. The van der Waals surface area contributed by atoms with Crippen LogP contribution in [0.15, 0.2) is 36.4 Å². The number of hydrogen-bond acceptors (Lipinski definition) is 5. The van der Waals surface area contributed by atoms with E-state index in [1.165, 1.54) is 0 Å². The molecule has 1 saturated heterocycles. The Balaban J connectivity index is 1.84. The van der Waals surface area contributed by atoms with Crippen LogP contribution < -0.4 is 19.5 Å². The Labute approximate surface area is 184 Å². The second kappa shape index (κ2) is 10.5. The maximum Gasteiger partial charge on any atom is 0.173 e. The second-order valence-corrected chi connectivity index (χ2v) is 7.69. The van der Waals surface area contributed by atoms with E-state index in [1.807, 2.05) is 43.3 Å². The van der Waals surface area contributed by atoms with Gasteiger partial charge in [-0.25, -0.2) is 0 Å². The van der Waals surface area contributed by atoms with E-state index in [0.717, 1.165) is 42.0 Å². The molecular weight excluding hydrogens is 400 g/mol. The van der Waals surface area contributed by atoms with Crippen LogP contribution in [0.5, 0.6) is 17.2 Å². The van der Waals surface area contributed by atoms with Crippen molar-refractivity contribution in [3.05, 3.63) is 47.5 Å². The van der Waals surface area contributed by atoms with Crippen molar-refractivity contribution in [2.24, 2.45) is 0 Å². The van der Waals surface area contributed by atoms with Gasteiger partial charge in [0, 0.05) is 25.3 Å². The lowest BCUT2D eigenvalue weighted by atomic mass is 10.1. The molecule has 1 N–H and O–H groups in total. The summed E-state index contributed by atoms with van der Waals surface area (Å²) in [5.74, 6) is 2.17. The Morgan fingerprint density at radius 1 is 1.13 bits per heavy atom. The van der Waals surface area contributed by atoms with E-state index < -0.39 is 0 Å². The number of thiocarbonyl (C=S) groups is 1. The summed E-state index contributed by atoms with van der Waals surface area (Å²) in [4.78, 5) is 2.11. The van der Waals surface area contributed by atoms with Gasteiger partial charge in [-0.15, -0.1) is 0 Å². The zero-order valence-electron chi connectivity index (χ0n) is 18.1. The van der Waals surface area contributed by atoms with E-state index in [2.05, 4.69) is 10.2 Å². The quantitative estimate of drug-likeness (QED) is 0.623. The van der Waals surface area contributed by atoms with Gasteiger partial charge in [0.25, 0.3) is 0 Å². The Kier molecular flexibility index (Phi) is 7.76. The Morgan fingerprint density at radius 3 is 2.60 bits per heavy atom. The van der Waals surface area contributed by atoms with E-state index in [0.29, 0.717) is 29.7 Å². The molecule has 0 saturated carbocycles. The van der Waals surface area contributed by atoms with Crippen LogP contribution in [0.3, 0.4) is 0 Å². The van der Waals surface area contributed by atoms with Gasteiger partial charge in [-0.3, -0.25) is 0 Å². The number of nitrogens with zero attached hydrogens (tertiary/aromatic N) is 1. The first-order valence-corrected chi connectivity index (χ1v) is 10.5. The van der Waals surface area contributed by atoms with Crippen molar-refractivity contribution in [1.82, 2.24) is 4.90 Å². The maximum absolute atomic E-state index is 5.87. The van der Waals surface area contributed by atoms with Crippen LogP contribution in [0.4, 0.5) is 5.69 Å². The third-order valence-corrected chi connectivity index (χ3v) is 5.54. The van der Waals surface area contributed by atoms with Gasteiger partial charge in [-0.05, 0) is 55.7 Å². The number of hydrogen-bond donors (Lipinski definition) is 1. The fourth-order valence-corrected chi connectivity index (χ4v) is 3.88. The highest BCUT2D eigenvalue weighted by atomic mass is 32.1. The third-order valence-electron chi connectivity index (χ3n) is 5.18. The molecule has 1 unspecified atom stereocenters. The highest BCUT2D eigenvalue weighted by Gasteiger charge is 2.23. The summed E-state index contributed by atoms with van der Waals surface area (Å²) in [5.41, 5.74) is 2.96. The fourth-order valence-electron chi connectivity index (χ4n) is 3.63. The molecule has 1 heterocycles. The Morgan fingerprint density at radius 2 is 1.93 bits per heavy atom. The van der Waals surface area contributed by atoms with Crippen LogP contribution in [-0.2, 0) is 11.3 Å². The first-order chi connectivity index (χ1) is 14.5. The van der Waals surface area contributed by atoms with Gasteiger partial charge in [0.2, 0.25) is 0 Å². The van der Waals surface area contributed by atoms with E-state index in [1.54, 1.807) is 21.3 Å².